The lowest BCUT2D eigenvalue weighted by atomic mass is 9.87. The molecule has 0 radical (unpaired) electrons. The Bertz CT molecular complexity index is 672. The van der Waals surface area contributed by atoms with Crippen LogP contribution in [0.1, 0.15) is 63.6 Å². The van der Waals surface area contributed by atoms with Crippen LogP contribution in [0.4, 0.5) is 0 Å². The van der Waals surface area contributed by atoms with Gasteiger partial charge in [0.25, 0.3) is 0 Å². The van der Waals surface area contributed by atoms with Crippen LogP contribution < -0.4 is 10.6 Å². The van der Waals surface area contributed by atoms with Crippen molar-refractivity contribution >= 4 is 17.8 Å². The first kappa shape index (κ1) is 20.9. The summed E-state index contributed by atoms with van der Waals surface area (Å²) in [6, 6.07) is 7.50. The summed E-state index contributed by atoms with van der Waals surface area (Å²) in [5, 5.41) is 5.87. The average molecular weight is 374 g/mol. The third-order valence-corrected chi connectivity index (χ3v) is 4.81. The summed E-state index contributed by atoms with van der Waals surface area (Å²) in [7, 11) is 0. The van der Waals surface area contributed by atoms with Gasteiger partial charge in [0.05, 0.1) is 19.1 Å². The number of carbonyl (C=O) groups excluding carboxylic acids is 3. The second-order valence-corrected chi connectivity index (χ2v) is 7.25. The Labute approximate surface area is 161 Å². The van der Waals surface area contributed by atoms with Gasteiger partial charge in [-0.1, -0.05) is 38.1 Å². The van der Waals surface area contributed by atoms with Gasteiger partial charge in [-0.3, -0.25) is 14.4 Å². The van der Waals surface area contributed by atoms with Gasteiger partial charge in [-0.25, -0.2) is 0 Å². The van der Waals surface area contributed by atoms with E-state index in [1.54, 1.807) is 6.92 Å². The van der Waals surface area contributed by atoms with E-state index < -0.39 is 12.0 Å². The number of benzene rings is 1. The van der Waals surface area contributed by atoms with E-state index in [1.165, 1.54) is 5.56 Å². The maximum Gasteiger partial charge on any atom is 0.306 e. The quantitative estimate of drug-likeness (QED) is 0.685. The van der Waals surface area contributed by atoms with Crippen LogP contribution in [0.15, 0.2) is 24.3 Å². The number of hydrogen-bond donors (Lipinski definition) is 2. The Hall–Kier alpha value is -2.37. The largest absolute Gasteiger partial charge is 0.466 e. The molecule has 0 saturated heterocycles. The van der Waals surface area contributed by atoms with Crippen LogP contribution >= 0.6 is 0 Å². The average Bonchev–Trinajstić information content (AvgIpc) is 2.64. The van der Waals surface area contributed by atoms with Crippen molar-refractivity contribution in [3.63, 3.8) is 0 Å². The maximum atomic E-state index is 12.8. The zero-order chi connectivity index (χ0) is 19.8. The molecule has 1 aliphatic carbocycles. The van der Waals surface area contributed by atoms with Crippen LogP contribution in [-0.4, -0.2) is 30.4 Å². The zero-order valence-electron chi connectivity index (χ0n) is 16.4. The molecule has 0 aromatic heterocycles. The third-order valence-electron chi connectivity index (χ3n) is 4.81. The summed E-state index contributed by atoms with van der Waals surface area (Å²) in [6.45, 7) is 5.80. The lowest BCUT2D eigenvalue weighted by Gasteiger charge is -2.29. The fraction of sp³-hybridized carbons (Fsp3) is 0.571. The molecular formula is C21H30N2O4. The molecule has 2 N–H and O–H groups in total. The number of fused-ring (bicyclic) bond motifs is 1. The zero-order valence-corrected chi connectivity index (χ0v) is 16.4. The standard InChI is InChI=1S/C21H30N2O4/c1-4-27-19(25)13-12-18(24)23-20(14(2)3)21(26)22-17-11-7-9-15-8-5-6-10-16(15)17/h5-6,8,10,14,17,20H,4,7,9,11-13H2,1-3H3,(H,22,26)(H,23,24). The Morgan fingerprint density at radius 3 is 2.63 bits per heavy atom. The molecule has 2 atom stereocenters. The first-order chi connectivity index (χ1) is 12.9. The van der Waals surface area contributed by atoms with Crippen molar-refractivity contribution in [2.75, 3.05) is 6.61 Å². The number of ether oxygens (including phenoxy) is 1. The van der Waals surface area contributed by atoms with Crippen molar-refractivity contribution in [3.05, 3.63) is 35.4 Å². The van der Waals surface area contributed by atoms with Gasteiger partial charge >= 0.3 is 5.97 Å². The van der Waals surface area contributed by atoms with Crippen molar-refractivity contribution in [1.29, 1.82) is 0 Å². The van der Waals surface area contributed by atoms with Gasteiger partial charge < -0.3 is 15.4 Å². The highest BCUT2D eigenvalue weighted by Gasteiger charge is 2.28. The summed E-state index contributed by atoms with van der Waals surface area (Å²) >= 11 is 0. The fourth-order valence-corrected chi connectivity index (χ4v) is 3.39. The number of nitrogens with one attached hydrogen (secondary N) is 2. The Morgan fingerprint density at radius 2 is 1.93 bits per heavy atom. The van der Waals surface area contributed by atoms with E-state index in [4.69, 9.17) is 4.74 Å². The number of amides is 2. The topological polar surface area (TPSA) is 84.5 Å². The van der Waals surface area contributed by atoms with Gasteiger partial charge in [0.1, 0.15) is 6.04 Å². The lowest BCUT2D eigenvalue weighted by molar-refractivity contribution is -0.144. The van der Waals surface area contributed by atoms with Crippen LogP contribution in [0.3, 0.4) is 0 Å². The first-order valence-electron chi connectivity index (χ1n) is 9.75. The number of aryl methyl sites for hydroxylation is 1. The van der Waals surface area contributed by atoms with Crippen molar-refractivity contribution in [3.8, 4) is 0 Å². The van der Waals surface area contributed by atoms with E-state index in [-0.39, 0.29) is 36.6 Å². The highest BCUT2D eigenvalue weighted by molar-refractivity contribution is 5.89. The number of hydrogen-bond acceptors (Lipinski definition) is 4. The highest BCUT2D eigenvalue weighted by atomic mass is 16.5. The summed E-state index contributed by atoms with van der Waals surface area (Å²) in [6.07, 6.45) is 2.98. The molecule has 2 rings (SSSR count). The predicted octanol–water partition coefficient (Wildman–Crippen LogP) is 2.66. The SMILES string of the molecule is CCOC(=O)CCC(=O)NC(C(=O)NC1CCCc2ccccc21)C(C)C. The molecule has 0 bridgehead atoms. The first-order valence-corrected chi connectivity index (χ1v) is 9.75. The molecule has 0 aliphatic heterocycles. The number of esters is 1. The summed E-state index contributed by atoms with van der Waals surface area (Å²) in [5.74, 6) is -0.968. The minimum absolute atomic E-state index is 0.0155. The molecule has 0 heterocycles. The third kappa shape index (κ3) is 6.08. The van der Waals surface area contributed by atoms with Gasteiger partial charge in [-0.2, -0.15) is 0 Å². The van der Waals surface area contributed by atoms with Crippen LogP contribution in [0.5, 0.6) is 0 Å². The van der Waals surface area contributed by atoms with Crippen LogP contribution in [-0.2, 0) is 25.5 Å². The van der Waals surface area contributed by atoms with Crippen LogP contribution in [0.2, 0.25) is 0 Å². The second-order valence-electron chi connectivity index (χ2n) is 7.25. The smallest absolute Gasteiger partial charge is 0.306 e. The number of rotatable bonds is 8. The van der Waals surface area contributed by atoms with Crippen molar-refractivity contribution in [1.82, 2.24) is 10.6 Å². The van der Waals surface area contributed by atoms with Crippen molar-refractivity contribution in [2.45, 2.75) is 65.0 Å². The fourth-order valence-electron chi connectivity index (χ4n) is 3.39. The van der Waals surface area contributed by atoms with E-state index >= 15 is 0 Å². The Morgan fingerprint density at radius 1 is 1.19 bits per heavy atom. The molecule has 2 amide bonds. The van der Waals surface area contributed by atoms with Gasteiger partial charge in [0.2, 0.25) is 11.8 Å². The van der Waals surface area contributed by atoms with Gasteiger partial charge in [0.15, 0.2) is 0 Å². The highest BCUT2D eigenvalue weighted by Crippen LogP contribution is 2.29. The molecule has 1 aromatic carbocycles. The molecule has 6 nitrogen and oxygen atoms in total. The van der Waals surface area contributed by atoms with E-state index in [0.717, 1.165) is 24.8 Å². The molecule has 1 aromatic rings. The van der Waals surface area contributed by atoms with Crippen LogP contribution in [0.25, 0.3) is 0 Å². The monoisotopic (exact) mass is 374 g/mol. The lowest BCUT2D eigenvalue weighted by Crippen LogP contribution is -2.50. The number of carbonyl (C=O) groups is 3. The van der Waals surface area contributed by atoms with Gasteiger partial charge in [-0.15, -0.1) is 0 Å². The summed E-state index contributed by atoms with van der Waals surface area (Å²) in [5.41, 5.74) is 2.43. The molecule has 0 spiro atoms. The van der Waals surface area contributed by atoms with Crippen molar-refractivity contribution < 1.29 is 19.1 Å². The van der Waals surface area contributed by atoms with E-state index in [2.05, 4.69) is 22.8 Å². The molecule has 2 unspecified atom stereocenters. The minimum Gasteiger partial charge on any atom is -0.466 e. The second kappa shape index (κ2) is 10.1. The van der Waals surface area contributed by atoms with Crippen LogP contribution in [0, 0.1) is 5.92 Å². The van der Waals surface area contributed by atoms with E-state index in [0.29, 0.717) is 6.61 Å². The van der Waals surface area contributed by atoms with E-state index in [9.17, 15) is 14.4 Å². The van der Waals surface area contributed by atoms with Gasteiger partial charge in [-0.05, 0) is 43.2 Å². The Kier molecular flexibility index (Phi) is 7.82. The summed E-state index contributed by atoms with van der Waals surface area (Å²) < 4.78 is 4.83. The normalized spacial score (nSPS) is 17.0. The molecule has 1 aliphatic rings. The Balaban J connectivity index is 1.95. The molecule has 0 fully saturated rings. The molecule has 27 heavy (non-hydrogen) atoms. The molecule has 6 heteroatoms. The molecule has 0 saturated carbocycles. The molecular weight excluding hydrogens is 344 g/mol. The maximum absolute atomic E-state index is 12.8. The minimum atomic E-state index is -0.631. The molecule has 148 valence electrons. The van der Waals surface area contributed by atoms with E-state index in [1.807, 2.05) is 26.0 Å². The summed E-state index contributed by atoms with van der Waals surface area (Å²) in [4.78, 5) is 36.4. The van der Waals surface area contributed by atoms with Crippen molar-refractivity contribution in [2.24, 2.45) is 5.92 Å². The predicted molar refractivity (Wildman–Crippen MR) is 103 cm³/mol. The van der Waals surface area contributed by atoms with Gasteiger partial charge in [0, 0.05) is 6.42 Å².